The van der Waals surface area contributed by atoms with Gasteiger partial charge in [0.2, 0.25) is 36.2 Å². The molecule has 0 N–H and O–H groups in total. The first-order valence-corrected chi connectivity index (χ1v) is 14.0. The van der Waals surface area contributed by atoms with E-state index < -0.39 is 0 Å². The summed E-state index contributed by atoms with van der Waals surface area (Å²) >= 11 is 0. The molecule has 7 aromatic rings. The van der Waals surface area contributed by atoms with Gasteiger partial charge < -0.3 is 0 Å². The lowest BCUT2D eigenvalue weighted by molar-refractivity contribution is -0.655. The van der Waals surface area contributed by atoms with Crippen LogP contribution in [0, 0.1) is 0 Å². The summed E-state index contributed by atoms with van der Waals surface area (Å²) < 4.78 is 4.24. The molecular formula is C38H28N4+2. The van der Waals surface area contributed by atoms with E-state index in [1.807, 2.05) is 36.7 Å². The van der Waals surface area contributed by atoms with Gasteiger partial charge in [-0.2, -0.15) is 9.13 Å². The minimum absolute atomic E-state index is 1.01. The molecule has 0 fully saturated rings. The third-order valence-electron chi connectivity index (χ3n) is 7.43. The number of hydrogen-bond donors (Lipinski definition) is 0. The summed E-state index contributed by atoms with van der Waals surface area (Å²) in [5.41, 5.74) is 8.87. The van der Waals surface area contributed by atoms with E-state index in [1.165, 1.54) is 0 Å². The number of rotatable bonds is 6. The Kier molecular flexibility index (Phi) is 6.85. The number of para-hydroxylation sites is 2. The Balaban J connectivity index is 1.03. The molecule has 0 radical (unpaired) electrons. The highest BCUT2D eigenvalue weighted by molar-refractivity contribution is 5.91. The standard InChI is InChI=1S/C38H28N4/c1-3-7-37-35(5-1)31(21-23-39-37)15-9-29-11-17-33(18-12-29)41-25-27-42(28-26-41)34-19-13-30(14-20-34)10-16-32-22-24-40-38-8-4-2-6-36(32)38/h1-28H/q+2/b15-9+,16-10+. The fourth-order valence-corrected chi connectivity index (χ4v) is 5.14. The summed E-state index contributed by atoms with van der Waals surface area (Å²) in [6.45, 7) is 0. The zero-order valence-electron chi connectivity index (χ0n) is 23.0. The van der Waals surface area contributed by atoms with Gasteiger partial charge in [0.05, 0.1) is 11.0 Å². The van der Waals surface area contributed by atoms with Crippen LogP contribution >= 0.6 is 0 Å². The molecule has 0 aliphatic carbocycles. The second-order valence-electron chi connectivity index (χ2n) is 10.1. The summed E-state index contributed by atoms with van der Waals surface area (Å²) in [5, 5.41) is 2.32. The zero-order valence-corrected chi connectivity index (χ0v) is 23.0. The van der Waals surface area contributed by atoms with Gasteiger partial charge in [-0.15, -0.1) is 0 Å². The lowest BCUT2D eigenvalue weighted by atomic mass is 10.1. The Morgan fingerprint density at radius 3 is 1.24 bits per heavy atom. The van der Waals surface area contributed by atoms with E-state index in [4.69, 9.17) is 0 Å². The van der Waals surface area contributed by atoms with E-state index in [1.54, 1.807) is 0 Å². The second kappa shape index (κ2) is 11.4. The van der Waals surface area contributed by atoms with Crippen molar-refractivity contribution >= 4 is 46.1 Å². The third-order valence-corrected chi connectivity index (χ3v) is 7.43. The lowest BCUT2D eigenvalue weighted by Gasteiger charge is -2.01. The molecule has 3 aromatic heterocycles. The molecule has 3 heterocycles. The van der Waals surface area contributed by atoms with Crippen molar-refractivity contribution in [3.8, 4) is 11.4 Å². The SMILES string of the molecule is C(=C\c1ccnc2ccccc12)/c1ccc(-[n+]2cc[n+](-c3ccc(/C=C/c4ccnc5ccccc45)cc3)cc2)cc1. The molecule has 0 atom stereocenters. The van der Waals surface area contributed by atoms with Crippen LogP contribution in [0.1, 0.15) is 22.3 Å². The van der Waals surface area contributed by atoms with Crippen molar-refractivity contribution in [2.75, 3.05) is 0 Å². The maximum Gasteiger partial charge on any atom is 0.239 e. The fraction of sp³-hybridized carbons (Fsp3) is 0. The molecule has 0 aliphatic rings. The van der Waals surface area contributed by atoms with Crippen molar-refractivity contribution in [3.05, 3.63) is 169 Å². The molecule has 0 aliphatic heterocycles. The monoisotopic (exact) mass is 540 g/mol. The molecular weight excluding hydrogens is 512 g/mol. The smallest absolute Gasteiger partial charge is 0.239 e. The quantitative estimate of drug-likeness (QED) is 0.203. The highest BCUT2D eigenvalue weighted by Gasteiger charge is 2.11. The summed E-state index contributed by atoms with van der Waals surface area (Å²) in [4.78, 5) is 8.91. The fourth-order valence-electron chi connectivity index (χ4n) is 5.14. The van der Waals surface area contributed by atoms with Gasteiger partial charge >= 0.3 is 0 Å². The van der Waals surface area contributed by atoms with Crippen LogP contribution in [0.5, 0.6) is 0 Å². The number of aromatic nitrogens is 4. The molecule has 0 amide bonds. The van der Waals surface area contributed by atoms with E-state index >= 15 is 0 Å². The number of hydrogen-bond acceptors (Lipinski definition) is 2. The van der Waals surface area contributed by atoms with Gasteiger partial charge in [0.15, 0.2) is 0 Å². The van der Waals surface area contributed by atoms with E-state index in [-0.39, 0.29) is 0 Å². The Morgan fingerprint density at radius 2 is 0.810 bits per heavy atom. The summed E-state index contributed by atoms with van der Waals surface area (Å²) in [6.07, 6.45) is 20.6. The van der Waals surface area contributed by atoms with Crippen molar-refractivity contribution in [1.82, 2.24) is 9.97 Å². The first-order chi connectivity index (χ1) is 20.8. The van der Waals surface area contributed by atoms with E-state index in [0.29, 0.717) is 0 Å². The van der Waals surface area contributed by atoms with Crippen LogP contribution in [0.2, 0.25) is 0 Å². The van der Waals surface area contributed by atoms with Crippen molar-refractivity contribution < 1.29 is 9.13 Å². The van der Waals surface area contributed by atoms with Crippen molar-refractivity contribution in [3.63, 3.8) is 0 Å². The van der Waals surface area contributed by atoms with Gasteiger partial charge in [0.1, 0.15) is 0 Å². The zero-order chi connectivity index (χ0) is 28.1. The number of fused-ring (bicyclic) bond motifs is 2. The Bertz CT molecular complexity index is 1900. The first kappa shape index (κ1) is 25.2. The molecule has 4 heteroatoms. The molecule has 7 rings (SSSR count). The van der Waals surface area contributed by atoms with Gasteiger partial charge in [-0.25, -0.2) is 0 Å². The summed E-state index contributed by atoms with van der Waals surface area (Å²) in [6, 6.07) is 37.7. The topological polar surface area (TPSA) is 33.5 Å². The molecule has 4 aromatic carbocycles. The molecule has 198 valence electrons. The van der Waals surface area contributed by atoms with Crippen LogP contribution in [-0.4, -0.2) is 9.97 Å². The third kappa shape index (κ3) is 5.34. The first-order valence-electron chi connectivity index (χ1n) is 14.0. The minimum atomic E-state index is 1.01. The van der Waals surface area contributed by atoms with E-state index in [9.17, 15) is 0 Å². The highest BCUT2D eigenvalue weighted by atomic mass is 15.0. The normalized spacial score (nSPS) is 11.6. The van der Waals surface area contributed by atoms with Crippen LogP contribution in [0.15, 0.2) is 146 Å². The van der Waals surface area contributed by atoms with Crippen molar-refractivity contribution in [2.45, 2.75) is 0 Å². The van der Waals surface area contributed by atoms with Crippen LogP contribution in [-0.2, 0) is 0 Å². The second-order valence-corrected chi connectivity index (χ2v) is 10.1. The molecule has 0 spiro atoms. The maximum atomic E-state index is 4.45. The van der Waals surface area contributed by atoms with E-state index in [0.717, 1.165) is 55.4 Å². The van der Waals surface area contributed by atoms with Gasteiger partial charge in [0, 0.05) is 47.4 Å². The number of pyridine rings is 2. The molecule has 42 heavy (non-hydrogen) atoms. The Hall–Kier alpha value is -5.74. The number of nitrogens with zero attached hydrogens (tertiary/aromatic N) is 4. The van der Waals surface area contributed by atoms with Crippen molar-refractivity contribution in [1.29, 1.82) is 0 Å². The Labute approximate surface area is 244 Å². The molecule has 0 bridgehead atoms. The molecule has 0 unspecified atom stereocenters. The minimum Gasteiger partial charge on any atom is -0.256 e. The molecule has 0 saturated heterocycles. The maximum absolute atomic E-state index is 4.45. The lowest BCUT2D eigenvalue weighted by Crippen LogP contribution is -2.38. The van der Waals surface area contributed by atoms with Crippen LogP contribution in [0.3, 0.4) is 0 Å². The average Bonchev–Trinajstić information content (AvgIpc) is 3.07. The predicted molar refractivity (Wildman–Crippen MR) is 171 cm³/mol. The molecule has 0 saturated carbocycles. The van der Waals surface area contributed by atoms with Gasteiger partial charge in [-0.3, -0.25) is 9.97 Å². The van der Waals surface area contributed by atoms with Gasteiger partial charge in [-0.05, 0) is 70.8 Å². The average molecular weight is 541 g/mol. The Morgan fingerprint density at radius 1 is 0.405 bits per heavy atom. The van der Waals surface area contributed by atoms with E-state index in [2.05, 4.69) is 153 Å². The highest BCUT2D eigenvalue weighted by Crippen LogP contribution is 2.20. The number of benzene rings is 4. The largest absolute Gasteiger partial charge is 0.256 e. The summed E-state index contributed by atoms with van der Waals surface area (Å²) in [7, 11) is 0. The van der Waals surface area contributed by atoms with Crippen LogP contribution in [0.25, 0.3) is 57.5 Å². The van der Waals surface area contributed by atoms with Gasteiger partial charge in [-0.1, -0.05) is 60.7 Å². The van der Waals surface area contributed by atoms with Crippen LogP contribution < -0.4 is 9.13 Å². The predicted octanol–water partition coefficient (Wildman–Crippen LogP) is 7.68. The van der Waals surface area contributed by atoms with Crippen LogP contribution in [0.4, 0.5) is 0 Å². The van der Waals surface area contributed by atoms with Crippen molar-refractivity contribution in [2.24, 2.45) is 0 Å². The summed E-state index contributed by atoms with van der Waals surface area (Å²) in [5.74, 6) is 0. The molecule has 4 nitrogen and oxygen atoms in total. The van der Waals surface area contributed by atoms with Gasteiger partial charge in [0.25, 0.3) is 0 Å².